The van der Waals surface area contributed by atoms with Gasteiger partial charge in [-0.15, -0.1) is 0 Å². The zero-order valence-electron chi connectivity index (χ0n) is 14.6. The molecule has 0 aliphatic carbocycles. The molecule has 146 valence electrons. The zero-order valence-corrected chi connectivity index (χ0v) is 19.4. The van der Waals surface area contributed by atoms with Gasteiger partial charge in [-0.05, 0) is 67.7 Å². The molecule has 0 aliphatic rings. The van der Waals surface area contributed by atoms with E-state index >= 15 is 0 Å². The van der Waals surface area contributed by atoms with Crippen molar-refractivity contribution in [2.75, 3.05) is 5.32 Å². The van der Waals surface area contributed by atoms with Gasteiger partial charge in [-0.3, -0.25) is 19.6 Å². The van der Waals surface area contributed by atoms with Crippen LogP contribution >= 0.6 is 47.8 Å². The number of amides is 1. The van der Waals surface area contributed by atoms with E-state index in [2.05, 4.69) is 63.3 Å². The maximum absolute atomic E-state index is 12.5. The molecule has 1 amide bonds. The fourth-order valence-electron chi connectivity index (χ4n) is 2.47. The molecule has 3 aromatic rings. The van der Waals surface area contributed by atoms with Gasteiger partial charge in [-0.2, -0.15) is 10.2 Å². The van der Waals surface area contributed by atoms with Gasteiger partial charge >= 0.3 is 0 Å². The minimum Gasteiger partial charge on any atom is -0.319 e. The number of nitro benzene ring substituents is 1. The summed E-state index contributed by atoms with van der Waals surface area (Å²) in [6.45, 7) is 4.19. The van der Waals surface area contributed by atoms with E-state index in [0.29, 0.717) is 21.3 Å². The minimum atomic E-state index is -0.514. The van der Waals surface area contributed by atoms with E-state index < -0.39 is 10.8 Å². The molecule has 0 unspecified atom stereocenters. The SMILES string of the molecule is Cc1nn(Cn2ccc(C(=O)Nc3c(Br)cc([N+](=O)[O-])cc3Br)n2)c(C)c1Br. The van der Waals surface area contributed by atoms with Crippen molar-refractivity contribution in [1.82, 2.24) is 19.6 Å². The summed E-state index contributed by atoms with van der Waals surface area (Å²) in [5.74, 6) is -0.441. The van der Waals surface area contributed by atoms with Gasteiger partial charge in [0.25, 0.3) is 11.6 Å². The van der Waals surface area contributed by atoms with E-state index in [1.54, 1.807) is 21.6 Å². The van der Waals surface area contributed by atoms with Crippen LogP contribution in [-0.4, -0.2) is 30.4 Å². The van der Waals surface area contributed by atoms with Crippen LogP contribution in [0.5, 0.6) is 0 Å². The lowest BCUT2D eigenvalue weighted by atomic mass is 10.2. The highest BCUT2D eigenvalue weighted by Crippen LogP contribution is 2.35. The number of rotatable bonds is 5. The van der Waals surface area contributed by atoms with Crippen molar-refractivity contribution >= 4 is 65.1 Å². The molecule has 0 saturated heterocycles. The molecule has 0 atom stereocenters. The number of hydrogen-bond acceptors (Lipinski definition) is 5. The van der Waals surface area contributed by atoms with Crippen LogP contribution in [0.2, 0.25) is 0 Å². The summed E-state index contributed by atoms with van der Waals surface area (Å²) in [4.78, 5) is 22.9. The normalized spacial score (nSPS) is 10.9. The van der Waals surface area contributed by atoms with E-state index in [4.69, 9.17) is 0 Å². The molecular weight excluding hydrogens is 564 g/mol. The summed E-state index contributed by atoms with van der Waals surface area (Å²) >= 11 is 9.96. The Kier molecular flexibility index (Phi) is 6.01. The summed E-state index contributed by atoms with van der Waals surface area (Å²) in [6, 6.07) is 4.22. The third-order valence-corrected chi connectivity index (χ3v) is 6.32. The first-order valence-electron chi connectivity index (χ1n) is 7.85. The number of halogens is 3. The number of hydrogen-bond donors (Lipinski definition) is 1. The predicted molar refractivity (Wildman–Crippen MR) is 113 cm³/mol. The summed E-state index contributed by atoms with van der Waals surface area (Å²) in [6.07, 6.45) is 1.68. The lowest BCUT2D eigenvalue weighted by Gasteiger charge is -2.09. The molecule has 12 heteroatoms. The second-order valence-electron chi connectivity index (χ2n) is 5.86. The Morgan fingerprint density at radius 1 is 1.21 bits per heavy atom. The van der Waals surface area contributed by atoms with Crippen molar-refractivity contribution in [1.29, 1.82) is 0 Å². The van der Waals surface area contributed by atoms with Gasteiger partial charge < -0.3 is 5.32 Å². The van der Waals surface area contributed by atoms with Crippen LogP contribution in [0.25, 0.3) is 0 Å². The van der Waals surface area contributed by atoms with Crippen LogP contribution in [0.1, 0.15) is 21.9 Å². The molecule has 9 nitrogen and oxygen atoms in total. The summed E-state index contributed by atoms with van der Waals surface area (Å²) in [5, 5.41) is 22.3. The Balaban J connectivity index is 1.78. The number of nitrogens with zero attached hydrogens (tertiary/aromatic N) is 5. The number of nitro groups is 1. The van der Waals surface area contributed by atoms with Crippen LogP contribution in [0.4, 0.5) is 11.4 Å². The lowest BCUT2D eigenvalue weighted by Crippen LogP contribution is -2.16. The second-order valence-corrected chi connectivity index (χ2v) is 8.36. The maximum Gasteiger partial charge on any atom is 0.276 e. The molecule has 3 rings (SSSR count). The average molecular weight is 577 g/mol. The van der Waals surface area contributed by atoms with Crippen LogP contribution in [0.15, 0.2) is 37.8 Å². The number of carbonyl (C=O) groups is 1. The quantitative estimate of drug-likeness (QED) is 0.351. The fraction of sp³-hybridized carbons (Fsp3) is 0.188. The standard InChI is InChI=1S/C16H13Br3N6O3/c1-8-14(19)9(2)24(21-8)7-23-4-3-13(22-23)16(26)20-15-11(17)5-10(25(27)28)6-12(15)18/h3-6H,7H2,1-2H3,(H,20,26). The number of non-ortho nitro benzene ring substituents is 1. The topological polar surface area (TPSA) is 108 Å². The first-order valence-corrected chi connectivity index (χ1v) is 10.2. The minimum absolute atomic E-state index is 0.0999. The molecule has 0 saturated carbocycles. The van der Waals surface area contributed by atoms with Gasteiger partial charge in [0, 0.05) is 27.3 Å². The third-order valence-electron chi connectivity index (χ3n) is 3.92. The van der Waals surface area contributed by atoms with Crippen molar-refractivity contribution in [3.8, 4) is 0 Å². The van der Waals surface area contributed by atoms with E-state index in [1.165, 1.54) is 12.1 Å². The van der Waals surface area contributed by atoms with E-state index in [-0.39, 0.29) is 11.4 Å². The molecule has 1 aromatic carbocycles. The smallest absolute Gasteiger partial charge is 0.276 e. The van der Waals surface area contributed by atoms with Crippen LogP contribution in [-0.2, 0) is 6.67 Å². The first kappa shape index (κ1) is 20.7. The largest absolute Gasteiger partial charge is 0.319 e. The van der Waals surface area contributed by atoms with E-state index in [9.17, 15) is 14.9 Å². The Bertz CT molecular complexity index is 1070. The Morgan fingerprint density at radius 3 is 2.39 bits per heavy atom. The third kappa shape index (κ3) is 4.18. The van der Waals surface area contributed by atoms with Gasteiger partial charge in [-0.25, -0.2) is 4.68 Å². The van der Waals surface area contributed by atoms with Gasteiger partial charge in [0.05, 0.1) is 26.5 Å². The molecule has 1 N–H and O–H groups in total. The Labute approximate surface area is 184 Å². The lowest BCUT2D eigenvalue weighted by molar-refractivity contribution is -0.385. The van der Waals surface area contributed by atoms with Crippen molar-refractivity contribution in [3.63, 3.8) is 0 Å². The predicted octanol–water partition coefficient (Wildman–Crippen LogP) is 4.65. The molecule has 0 spiro atoms. The van der Waals surface area contributed by atoms with E-state index in [1.807, 2.05) is 13.8 Å². The fourth-order valence-corrected chi connectivity index (χ4v) is 4.12. The zero-order chi connectivity index (χ0) is 20.6. The molecule has 2 aromatic heterocycles. The number of benzene rings is 1. The second kappa shape index (κ2) is 8.13. The summed E-state index contributed by atoms with van der Waals surface area (Å²) < 4.78 is 5.08. The maximum atomic E-state index is 12.5. The number of anilines is 1. The van der Waals surface area contributed by atoms with Gasteiger partial charge in [0.15, 0.2) is 5.69 Å². The molecule has 2 heterocycles. The molecule has 0 bridgehead atoms. The number of aryl methyl sites for hydroxylation is 1. The van der Waals surface area contributed by atoms with Gasteiger partial charge in [0.2, 0.25) is 0 Å². The number of aromatic nitrogens is 4. The van der Waals surface area contributed by atoms with Crippen molar-refractivity contribution < 1.29 is 9.72 Å². The van der Waals surface area contributed by atoms with Crippen molar-refractivity contribution in [3.05, 3.63) is 65.0 Å². The summed E-state index contributed by atoms with van der Waals surface area (Å²) in [7, 11) is 0. The van der Waals surface area contributed by atoms with Crippen LogP contribution in [0.3, 0.4) is 0 Å². The number of nitrogens with one attached hydrogen (secondary N) is 1. The van der Waals surface area contributed by atoms with Crippen molar-refractivity contribution in [2.45, 2.75) is 20.5 Å². The van der Waals surface area contributed by atoms with E-state index in [0.717, 1.165) is 15.9 Å². The molecule has 0 radical (unpaired) electrons. The molecular formula is C16H13Br3N6O3. The Morgan fingerprint density at radius 2 is 1.86 bits per heavy atom. The van der Waals surface area contributed by atoms with Gasteiger partial charge in [-0.1, -0.05) is 0 Å². The Hall–Kier alpha value is -2.05. The highest BCUT2D eigenvalue weighted by atomic mass is 79.9. The van der Waals surface area contributed by atoms with Crippen molar-refractivity contribution in [2.24, 2.45) is 0 Å². The van der Waals surface area contributed by atoms with Gasteiger partial charge in [0.1, 0.15) is 6.67 Å². The first-order chi connectivity index (χ1) is 13.2. The highest BCUT2D eigenvalue weighted by molar-refractivity contribution is 9.11. The molecule has 0 fully saturated rings. The average Bonchev–Trinajstić information content (AvgIpc) is 3.19. The molecule has 0 aliphatic heterocycles. The van der Waals surface area contributed by atoms with Crippen LogP contribution in [0, 0.1) is 24.0 Å². The summed E-state index contributed by atoms with van der Waals surface area (Å²) in [5.41, 5.74) is 2.32. The van der Waals surface area contributed by atoms with Crippen LogP contribution < -0.4 is 5.32 Å². The highest BCUT2D eigenvalue weighted by Gasteiger charge is 2.18. The molecule has 28 heavy (non-hydrogen) atoms. The monoisotopic (exact) mass is 574 g/mol. The number of carbonyl (C=O) groups excluding carboxylic acids is 1.